The molecule has 0 spiro atoms. The lowest BCUT2D eigenvalue weighted by molar-refractivity contribution is 0.511. The second-order valence-corrected chi connectivity index (χ2v) is 6.00. The van der Waals surface area contributed by atoms with Gasteiger partial charge in [-0.3, -0.25) is 4.68 Å². The van der Waals surface area contributed by atoms with E-state index in [0.29, 0.717) is 0 Å². The van der Waals surface area contributed by atoms with Crippen LogP contribution in [0.3, 0.4) is 0 Å². The molecule has 1 N–H and O–H groups in total. The quantitative estimate of drug-likeness (QED) is 0.770. The molecule has 1 aromatic heterocycles. The zero-order chi connectivity index (χ0) is 14.5. The summed E-state index contributed by atoms with van der Waals surface area (Å²) >= 11 is 2.20. The molecule has 1 unspecified atom stereocenters. The van der Waals surface area contributed by atoms with E-state index in [1.165, 1.54) is 11.6 Å². The van der Waals surface area contributed by atoms with Crippen LogP contribution >= 0.6 is 22.6 Å². The van der Waals surface area contributed by atoms with Crippen molar-refractivity contribution in [3.05, 3.63) is 51.1 Å². The summed E-state index contributed by atoms with van der Waals surface area (Å²) in [7, 11) is 1.92. The monoisotopic (exact) mass is 387 g/mol. The highest BCUT2D eigenvalue weighted by Crippen LogP contribution is 2.25. The van der Waals surface area contributed by atoms with Crippen LogP contribution in [0.2, 0.25) is 0 Å². The maximum atomic E-state index is 13.2. The average Bonchev–Trinajstić information content (AvgIpc) is 2.81. The summed E-state index contributed by atoms with van der Waals surface area (Å²) in [6.45, 7) is 2.98. The van der Waals surface area contributed by atoms with Crippen LogP contribution in [0.15, 0.2) is 30.6 Å². The third-order valence-corrected chi connectivity index (χ3v) is 4.20. The third-order valence-electron chi connectivity index (χ3n) is 3.27. The smallest absolute Gasteiger partial charge is 0.124 e. The van der Waals surface area contributed by atoms with Gasteiger partial charge in [-0.1, -0.05) is 13.0 Å². The Morgan fingerprint density at radius 3 is 2.85 bits per heavy atom. The number of nitrogens with one attached hydrogen (secondary N) is 1. The maximum Gasteiger partial charge on any atom is 0.124 e. The van der Waals surface area contributed by atoms with Crippen molar-refractivity contribution in [3.8, 4) is 0 Å². The fourth-order valence-electron chi connectivity index (χ4n) is 2.31. The van der Waals surface area contributed by atoms with Crippen LogP contribution in [0.4, 0.5) is 4.39 Å². The number of benzene rings is 1. The van der Waals surface area contributed by atoms with Crippen molar-refractivity contribution in [2.45, 2.75) is 25.8 Å². The first-order valence-electron chi connectivity index (χ1n) is 6.76. The van der Waals surface area contributed by atoms with Crippen molar-refractivity contribution >= 4 is 22.6 Å². The summed E-state index contributed by atoms with van der Waals surface area (Å²) in [5.41, 5.74) is 2.39. The largest absolute Gasteiger partial charge is 0.310 e. The predicted octanol–water partition coefficient (Wildman–Crippen LogP) is 3.45. The van der Waals surface area contributed by atoms with Crippen LogP contribution in [0, 0.1) is 9.39 Å². The third kappa shape index (κ3) is 4.02. The van der Waals surface area contributed by atoms with Gasteiger partial charge in [0, 0.05) is 22.9 Å². The molecule has 0 fully saturated rings. The number of halogens is 2. The number of nitrogens with zero attached hydrogens (tertiary/aromatic N) is 2. The van der Waals surface area contributed by atoms with E-state index in [2.05, 4.69) is 39.9 Å². The van der Waals surface area contributed by atoms with Crippen LogP contribution in [-0.2, 0) is 13.5 Å². The molecular formula is C15H19FIN3. The zero-order valence-corrected chi connectivity index (χ0v) is 13.9. The molecule has 0 saturated carbocycles. The minimum atomic E-state index is -0.180. The highest BCUT2D eigenvalue weighted by atomic mass is 127. The van der Waals surface area contributed by atoms with Crippen molar-refractivity contribution in [3.63, 3.8) is 0 Å². The molecule has 0 saturated heterocycles. The van der Waals surface area contributed by atoms with Crippen LogP contribution in [0.25, 0.3) is 0 Å². The van der Waals surface area contributed by atoms with Crippen LogP contribution in [0.5, 0.6) is 0 Å². The van der Waals surface area contributed by atoms with E-state index in [-0.39, 0.29) is 11.9 Å². The van der Waals surface area contributed by atoms with E-state index in [1.807, 2.05) is 30.2 Å². The Morgan fingerprint density at radius 2 is 2.25 bits per heavy atom. The topological polar surface area (TPSA) is 29.9 Å². The predicted molar refractivity (Wildman–Crippen MR) is 87.1 cm³/mol. The number of aromatic nitrogens is 2. The molecule has 3 nitrogen and oxygen atoms in total. The van der Waals surface area contributed by atoms with Crippen molar-refractivity contribution in [2.75, 3.05) is 6.54 Å². The van der Waals surface area contributed by atoms with E-state index < -0.39 is 0 Å². The molecule has 0 amide bonds. The fourth-order valence-corrected chi connectivity index (χ4v) is 3.16. The Kier molecular flexibility index (Phi) is 5.54. The van der Waals surface area contributed by atoms with E-state index in [9.17, 15) is 4.39 Å². The molecule has 108 valence electrons. The van der Waals surface area contributed by atoms with Crippen LogP contribution < -0.4 is 5.32 Å². The first-order chi connectivity index (χ1) is 9.60. The molecule has 0 aliphatic carbocycles. The summed E-state index contributed by atoms with van der Waals surface area (Å²) in [5.74, 6) is -0.180. The van der Waals surface area contributed by atoms with Crippen molar-refractivity contribution in [1.82, 2.24) is 15.1 Å². The van der Waals surface area contributed by atoms with E-state index in [4.69, 9.17) is 0 Å². The minimum Gasteiger partial charge on any atom is -0.310 e. The SMILES string of the molecule is CCNC(CCc1cnn(C)c1)c1ccc(F)cc1I. The highest BCUT2D eigenvalue weighted by molar-refractivity contribution is 14.1. The number of rotatable bonds is 6. The zero-order valence-electron chi connectivity index (χ0n) is 11.7. The molecule has 0 aliphatic rings. The van der Waals surface area contributed by atoms with Gasteiger partial charge in [0.25, 0.3) is 0 Å². The Hall–Kier alpha value is -0.950. The molecular weight excluding hydrogens is 368 g/mol. The van der Waals surface area contributed by atoms with Gasteiger partial charge in [0.15, 0.2) is 0 Å². The molecule has 2 rings (SSSR count). The second kappa shape index (κ2) is 7.17. The minimum absolute atomic E-state index is 0.180. The number of hydrogen-bond donors (Lipinski definition) is 1. The van der Waals surface area contributed by atoms with Gasteiger partial charge < -0.3 is 5.32 Å². The van der Waals surface area contributed by atoms with Gasteiger partial charge in [0.2, 0.25) is 0 Å². The van der Waals surface area contributed by atoms with E-state index in [0.717, 1.165) is 28.5 Å². The highest BCUT2D eigenvalue weighted by Gasteiger charge is 2.14. The number of aryl methyl sites for hydroxylation is 2. The first kappa shape index (κ1) is 15.4. The van der Waals surface area contributed by atoms with Crippen LogP contribution in [-0.4, -0.2) is 16.3 Å². The normalized spacial score (nSPS) is 12.6. The summed E-state index contributed by atoms with van der Waals surface area (Å²) in [4.78, 5) is 0. The van der Waals surface area contributed by atoms with E-state index in [1.54, 1.807) is 6.07 Å². The molecule has 1 aromatic carbocycles. The van der Waals surface area contributed by atoms with Gasteiger partial charge in [-0.05, 0) is 65.2 Å². The Labute approximate surface area is 132 Å². The molecule has 1 heterocycles. The molecule has 5 heteroatoms. The van der Waals surface area contributed by atoms with Gasteiger partial charge in [-0.2, -0.15) is 5.10 Å². The Bertz CT molecular complexity index is 568. The van der Waals surface area contributed by atoms with Crippen molar-refractivity contribution in [1.29, 1.82) is 0 Å². The fraction of sp³-hybridized carbons (Fsp3) is 0.400. The molecule has 2 aromatic rings. The van der Waals surface area contributed by atoms with Gasteiger partial charge in [0.1, 0.15) is 5.82 Å². The maximum absolute atomic E-state index is 13.2. The second-order valence-electron chi connectivity index (χ2n) is 4.84. The summed E-state index contributed by atoms with van der Waals surface area (Å²) < 4.78 is 16.0. The van der Waals surface area contributed by atoms with Gasteiger partial charge >= 0.3 is 0 Å². The number of hydrogen-bond acceptors (Lipinski definition) is 2. The molecule has 0 bridgehead atoms. The average molecular weight is 387 g/mol. The van der Waals surface area contributed by atoms with Crippen molar-refractivity contribution < 1.29 is 4.39 Å². The first-order valence-corrected chi connectivity index (χ1v) is 7.84. The Morgan fingerprint density at radius 1 is 1.45 bits per heavy atom. The molecule has 1 atom stereocenters. The lowest BCUT2D eigenvalue weighted by Crippen LogP contribution is -2.22. The standard InChI is InChI=1S/C15H19FIN3/c1-3-18-15(7-4-11-9-19-20(2)10-11)13-6-5-12(16)8-14(13)17/h5-6,8-10,15,18H,3-4,7H2,1-2H3. The Balaban J connectivity index is 2.09. The summed E-state index contributed by atoms with van der Waals surface area (Å²) in [5, 5.41) is 7.67. The molecule has 0 aliphatic heterocycles. The summed E-state index contributed by atoms with van der Waals surface area (Å²) in [6, 6.07) is 5.25. The van der Waals surface area contributed by atoms with Gasteiger partial charge in [-0.15, -0.1) is 0 Å². The van der Waals surface area contributed by atoms with Gasteiger partial charge in [-0.25, -0.2) is 4.39 Å². The molecule has 20 heavy (non-hydrogen) atoms. The van der Waals surface area contributed by atoms with Crippen LogP contribution in [0.1, 0.15) is 30.5 Å². The van der Waals surface area contributed by atoms with Gasteiger partial charge in [0.05, 0.1) is 6.20 Å². The molecule has 0 radical (unpaired) electrons. The lowest BCUT2D eigenvalue weighted by Gasteiger charge is -2.19. The lowest BCUT2D eigenvalue weighted by atomic mass is 10.00. The van der Waals surface area contributed by atoms with Crippen molar-refractivity contribution in [2.24, 2.45) is 7.05 Å². The summed E-state index contributed by atoms with van der Waals surface area (Å²) in [6.07, 6.45) is 5.87. The van der Waals surface area contributed by atoms with E-state index >= 15 is 0 Å².